The molecule has 3 rings (SSSR count). The number of ether oxygens (including phenoxy) is 2. The van der Waals surface area contributed by atoms with E-state index >= 15 is 0 Å². The lowest BCUT2D eigenvalue weighted by atomic mass is 10.2. The normalized spacial score (nSPS) is 15.1. The number of carbonyl (C=O) groups is 1. The largest absolute Gasteiger partial charge is 0.490 e. The van der Waals surface area contributed by atoms with Crippen LogP contribution in [0.4, 0.5) is 0 Å². The molecule has 2 aromatic carbocycles. The van der Waals surface area contributed by atoms with E-state index in [0.717, 1.165) is 21.3 Å². The maximum Gasteiger partial charge on any atom is 0.266 e. The van der Waals surface area contributed by atoms with Crippen molar-refractivity contribution < 1.29 is 14.3 Å². The topological polar surface area (TPSA) is 38.8 Å². The molecule has 0 saturated carbocycles. The fourth-order valence-electron chi connectivity index (χ4n) is 2.71. The van der Waals surface area contributed by atoms with Gasteiger partial charge in [0.25, 0.3) is 5.91 Å². The van der Waals surface area contributed by atoms with Crippen LogP contribution >= 0.6 is 39.9 Å². The molecule has 1 aliphatic heterocycles. The Kier molecular flexibility index (Phi) is 7.52. The number of rotatable bonds is 8. The van der Waals surface area contributed by atoms with Gasteiger partial charge in [0.15, 0.2) is 0 Å². The summed E-state index contributed by atoms with van der Waals surface area (Å²) < 4.78 is 13.1. The van der Waals surface area contributed by atoms with Gasteiger partial charge in [0.2, 0.25) is 0 Å². The van der Waals surface area contributed by atoms with Gasteiger partial charge in [-0.1, -0.05) is 64.2 Å². The molecule has 1 heterocycles. The van der Waals surface area contributed by atoms with Crippen LogP contribution in [0.2, 0.25) is 0 Å². The number of benzene rings is 2. The van der Waals surface area contributed by atoms with Crippen molar-refractivity contribution in [2.45, 2.75) is 6.92 Å². The summed E-state index contributed by atoms with van der Waals surface area (Å²) in [5, 5.41) is 0. The zero-order valence-electron chi connectivity index (χ0n) is 15.9. The number of thioether (sulfide) groups is 1. The third kappa shape index (κ3) is 5.50. The third-order valence-corrected chi connectivity index (χ3v) is 6.01. The molecule has 2 aromatic rings. The molecule has 0 atom stereocenters. The fraction of sp³-hybridized carbons (Fsp3) is 0.182. The van der Waals surface area contributed by atoms with Crippen molar-refractivity contribution in [1.29, 1.82) is 0 Å². The van der Waals surface area contributed by atoms with E-state index in [4.69, 9.17) is 21.7 Å². The molecule has 0 radical (unpaired) electrons. The first-order chi connectivity index (χ1) is 14.0. The van der Waals surface area contributed by atoms with Gasteiger partial charge in [0.05, 0.1) is 4.91 Å². The number of aryl methyl sites for hydroxylation is 1. The summed E-state index contributed by atoms with van der Waals surface area (Å²) in [5.41, 5.74) is 1.88. The maximum absolute atomic E-state index is 12.6. The van der Waals surface area contributed by atoms with Gasteiger partial charge in [-0.25, -0.2) is 0 Å². The molecule has 29 heavy (non-hydrogen) atoms. The first kappa shape index (κ1) is 21.6. The lowest BCUT2D eigenvalue weighted by Crippen LogP contribution is -2.27. The van der Waals surface area contributed by atoms with Crippen molar-refractivity contribution >= 4 is 56.2 Å². The van der Waals surface area contributed by atoms with Crippen molar-refractivity contribution in [1.82, 2.24) is 4.90 Å². The zero-order chi connectivity index (χ0) is 20.8. The summed E-state index contributed by atoms with van der Waals surface area (Å²) >= 11 is 10.1. The second-order valence-electron chi connectivity index (χ2n) is 6.23. The van der Waals surface area contributed by atoms with Gasteiger partial charge in [-0.05, 0) is 42.8 Å². The Labute approximate surface area is 188 Å². The highest BCUT2D eigenvalue weighted by Crippen LogP contribution is 2.35. The van der Waals surface area contributed by atoms with Crippen molar-refractivity contribution in [3.05, 3.63) is 75.6 Å². The standard InChI is InChI=1S/C22H20BrNO3S2/c1-3-10-24-21(25)20(29-22(24)28)14-16-13-17(23)8-9-19(16)27-12-11-26-18-7-5-4-6-15(18)2/h3-9,13-14H,1,10-12H2,2H3. The highest BCUT2D eigenvalue weighted by Gasteiger charge is 2.31. The van der Waals surface area contributed by atoms with Gasteiger partial charge in [0, 0.05) is 16.6 Å². The predicted octanol–water partition coefficient (Wildman–Crippen LogP) is 5.60. The minimum absolute atomic E-state index is 0.117. The van der Waals surface area contributed by atoms with Gasteiger partial charge >= 0.3 is 0 Å². The molecule has 1 aliphatic rings. The first-order valence-corrected chi connectivity index (χ1v) is 11.0. The van der Waals surface area contributed by atoms with Gasteiger partial charge in [-0.3, -0.25) is 9.69 Å². The third-order valence-electron chi connectivity index (χ3n) is 4.14. The van der Waals surface area contributed by atoms with Crippen molar-refractivity contribution in [2.24, 2.45) is 0 Å². The Morgan fingerprint density at radius 3 is 2.62 bits per heavy atom. The Bertz CT molecular complexity index is 974. The number of amides is 1. The molecular weight excluding hydrogens is 470 g/mol. The Balaban J connectivity index is 1.70. The van der Waals surface area contributed by atoms with Crippen molar-refractivity contribution in [3.63, 3.8) is 0 Å². The molecule has 1 saturated heterocycles. The van der Waals surface area contributed by atoms with E-state index < -0.39 is 0 Å². The highest BCUT2D eigenvalue weighted by molar-refractivity contribution is 9.10. The van der Waals surface area contributed by atoms with E-state index in [1.165, 1.54) is 16.7 Å². The molecule has 1 amide bonds. The second kappa shape index (κ2) is 10.1. The predicted molar refractivity (Wildman–Crippen MR) is 126 cm³/mol. The minimum Gasteiger partial charge on any atom is -0.490 e. The summed E-state index contributed by atoms with van der Waals surface area (Å²) in [4.78, 5) is 14.7. The van der Waals surface area contributed by atoms with E-state index in [2.05, 4.69) is 22.5 Å². The van der Waals surface area contributed by atoms with E-state index in [-0.39, 0.29) is 5.91 Å². The zero-order valence-corrected chi connectivity index (χ0v) is 19.1. The number of carbonyl (C=O) groups excluding carboxylic acids is 1. The number of hydrogen-bond acceptors (Lipinski definition) is 5. The van der Waals surface area contributed by atoms with Gasteiger partial charge in [-0.2, -0.15) is 0 Å². The highest BCUT2D eigenvalue weighted by atomic mass is 79.9. The molecule has 1 fully saturated rings. The van der Waals surface area contributed by atoms with Crippen LogP contribution in [-0.4, -0.2) is 34.9 Å². The van der Waals surface area contributed by atoms with Crippen LogP contribution in [0.1, 0.15) is 11.1 Å². The Morgan fingerprint density at radius 2 is 1.90 bits per heavy atom. The lowest BCUT2D eigenvalue weighted by molar-refractivity contribution is -0.121. The summed E-state index contributed by atoms with van der Waals surface area (Å²) in [7, 11) is 0. The van der Waals surface area contributed by atoms with Crippen LogP contribution in [0, 0.1) is 6.92 Å². The number of thiocarbonyl (C=S) groups is 1. The number of nitrogens with zero attached hydrogens (tertiary/aromatic N) is 1. The van der Waals surface area contributed by atoms with Crippen LogP contribution in [0.3, 0.4) is 0 Å². The van der Waals surface area contributed by atoms with Crippen LogP contribution in [0.5, 0.6) is 11.5 Å². The van der Waals surface area contributed by atoms with Gasteiger partial charge in [-0.15, -0.1) is 6.58 Å². The van der Waals surface area contributed by atoms with Crippen molar-refractivity contribution in [3.8, 4) is 11.5 Å². The van der Waals surface area contributed by atoms with Crippen LogP contribution < -0.4 is 9.47 Å². The molecule has 150 valence electrons. The summed E-state index contributed by atoms with van der Waals surface area (Å²) in [5.74, 6) is 1.40. The molecule has 0 bridgehead atoms. The Morgan fingerprint density at radius 1 is 1.17 bits per heavy atom. The molecule has 7 heteroatoms. The summed E-state index contributed by atoms with van der Waals surface area (Å²) in [6.45, 7) is 6.89. The van der Waals surface area contributed by atoms with Gasteiger partial charge in [0.1, 0.15) is 29.0 Å². The quantitative estimate of drug-likeness (QED) is 0.208. The number of hydrogen-bond donors (Lipinski definition) is 0. The minimum atomic E-state index is -0.117. The van der Waals surface area contributed by atoms with Crippen LogP contribution in [0.25, 0.3) is 6.08 Å². The van der Waals surface area contributed by atoms with E-state index in [9.17, 15) is 4.79 Å². The number of para-hydroxylation sites is 1. The number of halogens is 1. The smallest absolute Gasteiger partial charge is 0.266 e. The average molecular weight is 490 g/mol. The van der Waals surface area contributed by atoms with E-state index in [0.29, 0.717) is 34.7 Å². The SMILES string of the molecule is C=CCN1C(=O)C(=Cc2cc(Br)ccc2OCCOc2ccccc2C)SC1=S. The molecule has 0 N–H and O–H groups in total. The molecule has 0 spiro atoms. The monoisotopic (exact) mass is 489 g/mol. The molecule has 0 unspecified atom stereocenters. The second-order valence-corrected chi connectivity index (χ2v) is 8.82. The lowest BCUT2D eigenvalue weighted by Gasteiger charge is -2.12. The summed E-state index contributed by atoms with van der Waals surface area (Å²) in [6, 6.07) is 13.5. The molecule has 0 aromatic heterocycles. The molecule has 0 aliphatic carbocycles. The average Bonchev–Trinajstić information content (AvgIpc) is 2.95. The Hall–Kier alpha value is -2.09. The summed E-state index contributed by atoms with van der Waals surface area (Å²) in [6.07, 6.45) is 3.47. The van der Waals surface area contributed by atoms with Gasteiger partial charge < -0.3 is 9.47 Å². The van der Waals surface area contributed by atoms with E-state index in [1.54, 1.807) is 6.08 Å². The molecular formula is C22H20BrNO3S2. The maximum atomic E-state index is 12.6. The van der Waals surface area contributed by atoms with Crippen molar-refractivity contribution in [2.75, 3.05) is 19.8 Å². The molecule has 4 nitrogen and oxygen atoms in total. The van der Waals surface area contributed by atoms with E-state index in [1.807, 2.05) is 55.5 Å². The first-order valence-electron chi connectivity index (χ1n) is 8.96. The fourth-order valence-corrected chi connectivity index (χ4v) is 4.36. The van der Waals surface area contributed by atoms with Crippen LogP contribution in [-0.2, 0) is 4.79 Å². The van der Waals surface area contributed by atoms with Crippen LogP contribution in [0.15, 0.2) is 64.5 Å².